The van der Waals surface area contributed by atoms with Crippen molar-refractivity contribution in [3.63, 3.8) is 0 Å². The summed E-state index contributed by atoms with van der Waals surface area (Å²) in [6, 6.07) is 0.366. The smallest absolute Gasteiger partial charge is 0.323 e. The first-order valence-corrected chi connectivity index (χ1v) is 11.9. The monoisotopic (exact) mass is 481 g/mol. The third-order valence-electron chi connectivity index (χ3n) is 5.94. The zero-order valence-electron chi connectivity index (χ0n) is 20.6. The van der Waals surface area contributed by atoms with Crippen LogP contribution in [0, 0.1) is 0 Å². The minimum absolute atomic E-state index is 0.154. The summed E-state index contributed by atoms with van der Waals surface area (Å²) in [5.74, 6) is -0.535. The SMILES string of the molecule is CC(C)Nc1nc(OC[C@H]2O[C@@H]3OC(C)(C)O[C@@H]3[C@H]3OC(C)(C)O[C@H]32)nc(N2CCOCC2)n1. The summed E-state index contributed by atoms with van der Waals surface area (Å²) in [6.45, 7) is 14.3. The number of anilines is 2. The Bertz CT molecular complexity index is 879. The van der Waals surface area contributed by atoms with Crippen LogP contribution in [0.3, 0.4) is 0 Å². The number of morpholine rings is 1. The molecule has 12 heteroatoms. The van der Waals surface area contributed by atoms with E-state index in [0.29, 0.717) is 38.2 Å². The first-order chi connectivity index (χ1) is 16.1. The second kappa shape index (κ2) is 8.99. The van der Waals surface area contributed by atoms with Gasteiger partial charge in [0.05, 0.1) is 13.2 Å². The van der Waals surface area contributed by atoms with Gasteiger partial charge in [-0.25, -0.2) is 0 Å². The van der Waals surface area contributed by atoms with Crippen molar-refractivity contribution in [1.29, 1.82) is 0 Å². The highest BCUT2D eigenvalue weighted by Crippen LogP contribution is 2.44. The van der Waals surface area contributed by atoms with Gasteiger partial charge in [-0.15, -0.1) is 0 Å². The summed E-state index contributed by atoms with van der Waals surface area (Å²) in [5, 5.41) is 3.24. The van der Waals surface area contributed by atoms with Gasteiger partial charge < -0.3 is 43.4 Å². The molecule has 5 rings (SSSR count). The Kier molecular flexibility index (Phi) is 6.32. The Morgan fingerprint density at radius 1 is 0.941 bits per heavy atom. The Morgan fingerprint density at radius 2 is 1.62 bits per heavy atom. The van der Waals surface area contributed by atoms with Crippen molar-refractivity contribution < 1.29 is 33.2 Å². The average Bonchev–Trinajstić information content (AvgIpc) is 3.26. The number of hydrogen-bond donors (Lipinski definition) is 1. The van der Waals surface area contributed by atoms with E-state index in [9.17, 15) is 0 Å². The van der Waals surface area contributed by atoms with Crippen LogP contribution >= 0.6 is 0 Å². The highest BCUT2D eigenvalue weighted by molar-refractivity contribution is 5.39. The molecule has 0 radical (unpaired) electrons. The zero-order chi connectivity index (χ0) is 24.1. The van der Waals surface area contributed by atoms with E-state index < -0.39 is 24.0 Å². The normalized spacial score (nSPS) is 34.1. The molecule has 190 valence electrons. The van der Waals surface area contributed by atoms with E-state index in [2.05, 4.69) is 25.2 Å². The van der Waals surface area contributed by atoms with Crippen LogP contribution in [0.5, 0.6) is 6.01 Å². The summed E-state index contributed by atoms with van der Waals surface area (Å²) < 4.78 is 42.1. The zero-order valence-corrected chi connectivity index (χ0v) is 20.6. The van der Waals surface area contributed by atoms with Gasteiger partial charge in [-0.3, -0.25) is 0 Å². The first-order valence-electron chi connectivity index (χ1n) is 11.9. The highest BCUT2D eigenvalue weighted by Gasteiger charge is 2.60. The largest absolute Gasteiger partial charge is 0.460 e. The van der Waals surface area contributed by atoms with E-state index in [1.54, 1.807) is 0 Å². The van der Waals surface area contributed by atoms with Crippen molar-refractivity contribution in [2.75, 3.05) is 43.1 Å². The molecule has 0 unspecified atom stereocenters. The summed E-state index contributed by atoms with van der Waals surface area (Å²) in [5.41, 5.74) is 0. The maximum atomic E-state index is 6.23. The predicted molar refractivity (Wildman–Crippen MR) is 120 cm³/mol. The quantitative estimate of drug-likeness (QED) is 0.631. The van der Waals surface area contributed by atoms with Crippen molar-refractivity contribution in [2.24, 2.45) is 0 Å². The molecule has 0 amide bonds. The second-order valence-corrected chi connectivity index (χ2v) is 10.2. The molecule has 0 aliphatic carbocycles. The maximum absolute atomic E-state index is 6.23. The van der Waals surface area contributed by atoms with E-state index in [0.717, 1.165) is 0 Å². The van der Waals surface area contributed by atoms with Crippen molar-refractivity contribution in [3.8, 4) is 6.01 Å². The number of nitrogens with one attached hydrogen (secondary N) is 1. The molecular formula is C22H35N5O7. The van der Waals surface area contributed by atoms with Crippen LogP contribution in [-0.2, 0) is 28.4 Å². The molecule has 4 saturated heterocycles. The Morgan fingerprint density at radius 3 is 2.35 bits per heavy atom. The lowest BCUT2D eigenvalue weighted by molar-refractivity contribution is -0.238. The van der Waals surface area contributed by atoms with Crippen LogP contribution < -0.4 is 15.0 Å². The molecule has 1 aromatic rings. The van der Waals surface area contributed by atoms with Gasteiger partial charge in [0, 0.05) is 19.1 Å². The second-order valence-electron chi connectivity index (χ2n) is 10.2. The van der Waals surface area contributed by atoms with Gasteiger partial charge in [0.15, 0.2) is 17.9 Å². The fraction of sp³-hybridized carbons (Fsp3) is 0.864. The molecule has 4 fully saturated rings. The molecule has 1 aromatic heterocycles. The molecule has 0 aromatic carbocycles. The van der Waals surface area contributed by atoms with Crippen LogP contribution in [0.25, 0.3) is 0 Å². The van der Waals surface area contributed by atoms with Crippen molar-refractivity contribution in [3.05, 3.63) is 0 Å². The van der Waals surface area contributed by atoms with Gasteiger partial charge >= 0.3 is 6.01 Å². The lowest BCUT2D eigenvalue weighted by Gasteiger charge is -2.36. The third kappa shape index (κ3) is 5.07. The molecule has 4 aliphatic rings. The molecule has 1 N–H and O–H groups in total. The lowest BCUT2D eigenvalue weighted by Crippen LogP contribution is -2.56. The molecule has 0 bridgehead atoms. The molecule has 34 heavy (non-hydrogen) atoms. The summed E-state index contributed by atoms with van der Waals surface area (Å²) in [7, 11) is 0. The predicted octanol–water partition coefficient (Wildman–Crippen LogP) is 1.30. The standard InChI is InChI=1S/C22H35N5O7/c1-12(2)23-18-24-19(27-7-9-28-10-8-27)26-20(25-18)29-11-13-14-15(32-21(3,4)31-14)16-17(30-13)34-22(5,6)33-16/h12-17H,7-11H2,1-6H3,(H,23,24,25,26)/t13-,14+,15+,16-,17-/m1/s1. The van der Waals surface area contributed by atoms with Gasteiger partial charge in [0.2, 0.25) is 11.9 Å². The summed E-state index contributed by atoms with van der Waals surface area (Å²) >= 11 is 0. The summed E-state index contributed by atoms with van der Waals surface area (Å²) in [4.78, 5) is 15.6. The van der Waals surface area contributed by atoms with Crippen molar-refractivity contribution in [1.82, 2.24) is 15.0 Å². The van der Waals surface area contributed by atoms with Crippen LogP contribution in [0.15, 0.2) is 0 Å². The number of fused-ring (bicyclic) bond motifs is 3. The maximum Gasteiger partial charge on any atom is 0.323 e. The van der Waals surface area contributed by atoms with E-state index >= 15 is 0 Å². The number of aromatic nitrogens is 3. The lowest BCUT2D eigenvalue weighted by atomic mass is 9.99. The van der Waals surface area contributed by atoms with Crippen LogP contribution in [0.4, 0.5) is 11.9 Å². The molecule has 5 heterocycles. The minimum Gasteiger partial charge on any atom is -0.460 e. The topological polar surface area (TPSA) is 119 Å². The Hall–Kier alpha value is -1.83. The van der Waals surface area contributed by atoms with Crippen molar-refractivity contribution in [2.45, 2.75) is 89.9 Å². The van der Waals surface area contributed by atoms with Gasteiger partial charge in [-0.2, -0.15) is 15.0 Å². The van der Waals surface area contributed by atoms with Crippen molar-refractivity contribution >= 4 is 11.9 Å². The molecule has 0 spiro atoms. The molecule has 12 nitrogen and oxygen atoms in total. The highest BCUT2D eigenvalue weighted by atomic mass is 16.9. The van der Waals surface area contributed by atoms with E-state index in [4.69, 9.17) is 33.2 Å². The number of rotatable bonds is 6. The number of nitrogens with zero attached hydrogens (tertiary/aromatic N) is 4. The third-order valence-corrected chi connectivity index (χ3v) is 5.94. The van der Waals surface area contributed by atoms with Crippen LogP contribution in [0.1, 0.15) is 41.5 Å². The van der Waals surface area contributed by atoms with Gasteiger partial charge in [0.1, 0.15) is 31.0 Å². The minimum atomic E-state index is -0.773. The first kappa shape index (κ1) is 23.9. The Balaban J connectivity index is 1.34. The molecular weight excluding hydrogens is 446 g/mol. The van der Waals surface area contributed by atoms with Gasteiger partial charge in [-0.05, 0) is 41.5 Å². The Labute approximate surface area is 199 Å². The number of hydrogen-bond acceptors (Lipinski definition) is 12. The fourth-order valence-electron chi connectivity index (χ4n) is 4.62. The fourth-order valence-corrected chi connectivity index (χ4v) is 4.62. The average molecular weight is 482 g/mol. The molecule has 4 aliphatic heterocycles. The number of ether oxygens (including phenoxy) is 7. The van der Waals surface area contributed by atoms with E-state index in [-0.39, 0.29) is 37.0 Å². The molecule has 5 atom stereocenters. The van der Waals surface area contributed by atoms with E-state index in [1.807, 2.05) is 41.5 Å². The van der Waals surface area contributed by atoms with Gasteiger partial charge in [0.25, 0.3) is 0 Å². The molecule has 0 saturated carbocycles. The van der Waals surface area contributed by atoms with Crippen LogP contribution in [0.2, 0.25) is 0 Å². The summed E-state index contributed by atoms with van der Waals surface area (Å²) in [6.07, 6.45) is -2.16. The van der Waals surface area contributed by atoms with E-state index in [1.165, 1.54) is 0 Å². The van der Waals surface area contributed by atoms with Gasteiger partial charge in [-0.1, -0.05) is 0 Å². The van der Waals surface area contributed by atoms with Crippen LogP contribution in [-0.4, -0.2) is 96.2 Å².